The minimum atomic E-state index is -3.35. The summed E-state index contributed by atoms with van der Waals surface area (Å²) >= 11 is 6.10. The van der Waals surface area contributed by atoms with E-state index in [0.717, 1.165) is 11.8 Å². The van der Waals surface area contributed by atoms with Gasteiger partial charge < -0.3 is 5.32 Å². The summed E-state index contributed by atoms with van der Waals surface area (Å²) in [4.78, 5) is 12.4. The predicted molar refractivity (Wildman–Crippen MR) is 86.9 cm³/mol. The maximum atomic E-state index is 12.3. The second-order valence-corrected chi connectivity index (χ2v) is 7.44. The molecule has 0 heterocycles. The van der Waals surface area contributed by atoms with Gasteiger partial charge in [0.05, 0.1) is 10.9 Å². The molecule has 0 aliphatic rings. The Balaban J connectivity index is 2.21. The van der Waals surface area contributed by atoms with Crippen molar-refractivity contribution in [3.05, 3.63) is 64.7 Å². The molecule has 6 heteroatoms. The van der Waals surface area contributed by atoms with Crippen LogP contribution in [0.25, 0.3) is 0 Å². The van der Waals surface area contributed by atoms with Crippen LogP contribution >= 0.6 is 11.6 Å². The normalized spacial score (nSPS) is 12.7. The molecule has 22 heavy (non-hydrogen) atoms. The summed E-state index contributed by atoms with van der Waals surface area (Å²) in [6.07, 6.45) is 1.11. The lowest BCUT2D eigenvalue weighted by molar-refractivity contribution is 0.0939. The summed E-state index contributed by atoms with van der Waals surface area (Å²) in [6.45, 7) is 1.82. The van der Waals surface area contributed by atoms with E-state index in [-0.39, 0.29) is 16.8 Å². The Labute approximate surface area is 135 Å². The Kier molecular flexibility index (Phi) is 4.88. The molecule has 0 aromatic heterocycles. The molecular formula is C16H16ClNO3S. The van der Waals surface area contributed by atoms with E-state index < -0.39 is 9.84 Å². The number of nitrogens with one attached hydrogen (secondary N) is 1. The molecule has 0 unspecified atom stereocenters. The first-order valence-corrected chi connectivity index (χ1v) is 8.91. The molecule has 0 aliphatic heterocycles. The molecule has 1 atom stereocenters. The van der Waals surface area contributed by atoms with Gasteiger partial charge >= 0.3 is 0 Å². The smallest absolute Gasteiger partial charge is 0.251 e. The van der Waals surface area contributed by atoms with Crippen molar-refractivity contribution in [2.24, 2.45) is 0 Å². The molecule has 2 aromatic carbocycles. The average Bonchev–Trinajstić information content (AvgIpc) is 2.46. The predicted octanol–water partition coefficient (Wildman–Crippen LogP) is 3.23. The van der Waals surface area contributed by atoms with Gasteiger partial charge in [0.15, 0.2) is 9.84 Å². The molecule has 1 amide bonds. The van der Waals surface area contributed by atoms with Crippen LogP contribution in [0.1, 0.15) is 28.9 Å². The maximum absolute atomic E-state index is 12.3. The van der Waals surface area contributed by atoms with E-state index in [9.17, 15) is 13.2 Å². The topological polar surface area (TPSA) is 63.2 Å². The highest BCUT2D eigenvalue weighted by Gasteiger charge is 2.15. The molecule has 116 valence electrons. The van der Waals surface area contributed by atoms with Crippen LogP contribution in [-0.4, -0.2) is 20.6 Å². The van der Waals surface area contributed by atoms with Gasteiger partial charge in [0, 0.05) is 16.8 Å². The van der Waals surface area contributed by atoms with Crippen LogP contribution in [0.3, 0.4) is 0 Å². The summed E-state index contributed by atoms with van der Waals surface area (Å²) in [7, 11) is -3.35. The zero-order valence-electron chi connectivity index (χ0n) is 12.2. The van der Waals surface area contributed by atoms with Crippen molar-refractivity contribution in [2.75, 3.05) is 6.26 Å². The molecule has 0 radical (unpaired) electrons. The summed E-state index contributed by atoms with van der Waals surface area (Å²) in [5.74, 6) is -0.349. The van der Waals surface area contributed by atoms with Crippen molar-refractivity contribution in [1.82, 2.24) is 5.32 Å². The lowest BCUT2D eigenvalue weighted by Gasteiger charge is -2.16. The number of hydrogen-bond donors (Lipinski definition) is 1. The zero-order valence-corrected chi connectivity index (χ0v) is 13.8. The molecule has 1 N–H and O–H groups in total. The third-order valence-corrected chi connectivity index (χ3v) is 4.70. The minimum Gasteiger partial charge on any atom is -0.345 e. The van der Waals surface area contributed by atoms with E-state index in [1.165, 1.54) is 12.1 Å². The number of rotatable bonds is 4. The van der Waals surface area contributed by atoms with Crippen molar-refractivity contribution in [1.29, 1.82) is 0 Å². The van der Waals surface area contributed by atoms with Crippen molar-refractivity contribution in [3.63, 3.8) is 0 Å². The van der Waals surface area contributed by atoms with E-state index in [1.54, 1.807) is 18.2 Å². The third-order valence-electron chi connectivity index (χ3n) is 3.24. The third kappa shape index (κ3) is 3.87. The molecule has 2 aromatic rings. The first-order chi connectivity index (χ1) is 10.3. The van der Waals surface area contributed by atoms with Gasteiger partial charge in [0.1, 0.15) is 0 Å². The zero-order chi connectivity index (χ0) is 16.3. The molecule has 0 saturated heterocycles. The molecule has 0 bridgehead atoms. The first kappa shape index (κ1) is 16.5. The van der Waals surface area contributed by atoms with Crippen LogP contribution in [0.5, 0.6) is 0 Å². The van der Waals surface area contributed by atoms with Gasteiger partial charge in [-0.15, -0.1) is 0 Å². The Bertz CT molecular complexity index is 803. The molecule has 0 saturated carbocycles. The van der Waals surface area contributed by atoms with E-state index in [0.29, 0.717) is 10.6 Å². The molecule has 0 aliphatic carbocycles. The van der Waals surface area contributed by atoms with Crippen LogP contribution in [-0.2, 0) is 9.84 Å². The van der Waals surface area contributed by atoms with E-state index in [4.69, 9.17) is 11.6 Å². The van der Waals surface area contributed by atoms with Crippen LogP contribution in [0.4, 0.5) is 0 Å². The summed E-state index contributed by atoms with van der Waals surface area (Å²) < 4.78 is 23.1. The standard InChI is InChI=1S/C16H16ClNO3S/c1-11(14-8-3-4-9-15(14)17)18-16(19)12-6-5-7-13(10-12)22(2,20)21/h3-11H,1-2H3,(H,18,19)/t11-/m1/s1. The fourth-order valence-corrected chi connectivity index (χ4v) is 3.02. The van der Waals surface area contributed by atoms with Crippen LogP contribution in [0.15, 0.2) is 53.4 Å². The van der Waals surface area contributed by atoms with E-state index in [1.807, 2.05) is 25.1 Å². The molecule has 2 rings (SSSR count). The Morgan fingerprint density at radius 2 is 1.82 bits per heavy atom. The van der Waals surface area contributed by atoms with E-state index >= 15 is 0 Å². The highest BCUT2D eigenvalue weighted by molar-refractivity contribution is 7.90. The lowest BCUT2D eigenvalue weighted by Crippen LogP contribution is -2.27. The molecular weight excluding hydrogens is 322 g/mol. The van der Waals surface area contributed by atoms with Crippen molar-refractivity contribution < 1.29 is 13.2 Å². The summed E-state index contributed by atoms with van der Waals surface area (Å²) in [5.41, 5.74) is 1.10. The number of amides is 1. The largest absolute Gasteiger partial charge is 0.345 e. The maximum Gasteiger partial charge on any atom is 0.251 e. The Morgan fingerprint density at radius 1 is 1.14 bits per heavy atom. The van der Waals surface area contributed by atoms with Gasteiger partial charge in [0.2, 0.25) is 0 Å². The molecule has 0 fully saturated rings. The fourth-order valence-electron chi connectivity index (χ4n) is 2.05. The number of carbonyl (C=O) groups is 1. The first-order valence-electron chi connectivity index (χ1n) is 6.64. The molecule has 4 nitrogen and oxygen atoms in total. The number of halogens is 1. The van der Waals surface area contributed by atoms with Crippen LogP contribution < -0.4 is 5.32 Å². The quantitative estimate of drug-likeness (QED) is 0.931. The number of sulfone groups is 1. The Morgan fingerprint density at radius 3 is 2.45 bits per heavy atom. The summed E-state index contributed by atoms with van der Waals surface area (Å²) in [5, 5.41) is 3.38. The SMILES string of the molecule is C[C@@H](NC(=O)c1cccc(S(C)(=O)=O)c1)c1ccccc1Cl. The number of carbonyl (C=O) groups excluding carboxylic acids is 1. The van der Waals surface area contributed by atoms with Crippen LogP contribution in [0.2, 0.25) is 5.02 Å². The summed E-state index contributed by atoms with van der Waals surface area (Å²) in [6, 6.07) is 12.9. The van der Waals surface area contributed by atoms with Gasteiger partial charge in [-0.2, -0.15) is 0 Å². The molecule has 0 spiro atoms. The number of hydrogen-bond acceptors (Lipinski definition) is 3. The van der Waals surface area contributed by atoms with Crippen molar-refractivity contribution in [3.8, 4) is 0 Å². The van der Waals surface area contributed by atoms with E-state index in [2.05, 4.69) is 5.32 Å². The van der Waals surface area contributed by atoms with Crippen LogP contribution in [0, 0.1) is 0 Å². The second-order valence-electron chi connectivity index (χ2n) is 5.02. The van der Waals surface area contributed by atoms with Gasteiger partial charge in [-0.25, -0.2) is 8.42 Å². The highest BCUT2D eigenvalue weighted by Crippen LogP contribution is 2.22. The van der Waals surface area contributed by atoms with Crippen molar-refractivity contribution in [2.45, 2.75) is 17.9 Å². The monoisotopic (exact) mass is 337 g/mol. The van der Waals surface area contributed by atoms with Gasteiger partial charge in [-0.1, -0.05) is 35.9 Å². The van der Waals surface area contributed by atoms with Gasteiger partial charge in [0.25, 0.3) is 5.91 Å². The van der Waals surface area contributed by atoms with Gasteiger partial charge in [-0.05, 0) is 36.8 Å². The lowest BCUT2D eigenvalue weighted by atomic mass is 10.1. The Hall–Kier alpha value is -1.85. The fraction of sp³-hybridized carbons (Fsp3) is 0.188. The highest BCUT2D eigenvalue weighted by atomic mass is 35.5. The van der Waals surface area contributed by atoms with Gasteiger partial charge in [-0.3, -0.25) is 4.79 Å². The average molecular weight is 338 g/mol. The number of benzene rings is 2. The second kappa shape index (κ2) is 6.50. The minimum absolute atomic E-state index is 0.116. The van der Waals surface area contributed by atoms with Crippen molar-refractivity contribution >= 4 is 27.3 Å².